The lowest BCUT2D eigenvalue weighted by Gasteiger charge is -2.24. The minimum atomic E-state index is -0.890. The normalized spacial score (nSPS) is 13.4. The van der Waals surface area contributed by atoms with E-state index in [1.54, 1.807) is 36.1 Å². The van der Waals surface area contributed by atoms with Crippen LogP contribution in [0.5, 0.6) is 11.5 Å². The number of amides is 1. The van der Waals surface area contributed by atoms with Crippen molar-refractivity contribution in [1.82, 2.24) is 0 Å². The van der Waals surface area contributed by atoms with Crippen LogP contribution in [-0.2, 0) is 14.3 Å². The zero-order valence-corrected chi connectivity index (χ0v) is 15.3. The van der Waals surface area contributed by atoms with Gasteiger partial charge in [-0.2, -0.15) is 0 Å². The lowest BCUT2D eigenvalue weighted by molar-refractivity contribution is -0.149. The molecule has 0 bridgehead atoms. The van der Waals surface area contributed by atoms with Crippen molar-refractivity contribution in [2.24, 2.45) is 0 Å². The van der Waals surface area contributed by atoms with Gasteiger partial charge in [-0.15, -0.1) is 0 Å². The van der Waals surface area contributed by atoms with Gasteiger partial charge in [0, 0.05) is 18.3 Å². The summed E-state index contributed by atoms with van der Waals surface area (Å²) in [7, 11) is 0. The first-order chi connectivity index (χ1) is 13.1. The van der Waals surface area contributed by atoms with Gasteiger partial charge in [0.2, 0.25) is 6.79 Å². The summed E-state index contributed by atoms with van der Waals surface area (Å²) < 4.78 is 15.8. The molecule has 0 saturated heterocycles. The van der Waals surface area contributed by atoms with Gasteiger partial charge in [-0.25, -0.2) is 4.79 Å². The third-order valence-electron chi connectivity index (χ3n) is 4.10. The molecule has 1 atom stereocenters. The fourth-order valence-electron chi connectivity index (χ4n) is 2.74. The third-order valence-corrected chi connectivity index (χ3v) is 4.10. The van der Waals surface area contributed by atoms with Crippen molar-refractivity contribution in [3.8, 4) is 11.5 Å². The molecule has 140 valence electrons. The standard InChI is InChI=1S/C21H21NO5/c1-3-22(17-7-5-4-6-8-17)21(24)15(2)27-20(23)12-10-16-9-11-18-19(13-16)26-14-25-18/h4-13,15H,3,14H2,1-2H3/b12-10+/t15-/m1/s1. The molecule has 1 aliphatic rings. The number of rotatable bonds is 6. The van der Waals surface area contributed by atoms with Crippen LogP contribution in [-0.4, -0.2) is 31.3 Å². The number of ether oxygens (including phenoxy) is 3. The van der Waals surface area contributed by atoms with Crippen molar-refractivity contribution in [3.63, 3.8) is 0 Å². The number of likely N-dealkylation sites (N-methyl/N-ethyl adjacent to an activating group) is 1. The minimum Gasteiger partial charge on any atom is -0.454 e. The fraction of sp³-hybridized carbons (Fsp3) is 0.238. The Morgan fingerprint density at radius 1 is 1.15 bits per heavy atom. The molecular formula is C21H21NO5. The lowest BCUT2D eigenvalue weighted by atomic mass is 10.2. The van der Waals surface area contributed by atoms with Gasteiger partial charge in [-0.3, -0.25) is 4.79 Å². The van der Waals surface area contributed by atoms with Gasteiger partial charge < -0.3 is 19.1 Å². The van der Waals surface area contributed by atoms with Crippen LogP contribution in [0, 0.1) is 0 Å². The molecular weight excluding hydrogens is 346 g/mol. The molecule has 0 N–H and O–H groups in total. The summed E-state index contributed by atoms with van der Waals surface area (Å²) in [5, 5.41) is 0. The van der Waals surface area contributed by atoms with Gasteiger partial charge in [0.05, 0.1) is 0 Å². The average Bonchev–Trinajstić information content (AvgIpc) is 3.15. The number of hydrogen-bond acceptors (Lipinski definition) is 5. The Morgan fingerprint density at radius 2 is 1.89 bits per heavy atom. The van der Waals surface area contributed by atoms with Gasteiger partial charge in [-0.05, 0) is 49.8 Å². The summed E-state index contributed by atoms with van der Waals surface area (Å²) in [6.45, 7) is 4.12. The predicted molar refractivity (Wildman–Crippen MR) is 102 cm³/mol. The molecule has 1 heterocycles. The maximum absolute atomic E-state index is 12.6. The van der Waals surface area contributed by atoms with Crippen molar-refractivity contribution in [1.29, 1.82) is 0 Å². The fourth-order valence-corrected chi connectivity index (χ4v) is 2.74. The molecule has 27 heavy (non-hydrogen) atoms. The number of anilines is 1. The Balaban J connectivity index is 1.60. The molecule has 0 unspecified atom stereocenters. The number of carbonyl (C=O) groups is 2. The van der Waals surface area contributed by atoms with Crippen molar-refractivity contribution >= 4 is 23.6 Å². The molecule has 0 radical (unpaired) electrons. The van der Waals surface area contributed by atoms with Crippen molar-refractivity contribution < 1.29 is 23.8 Å². The topological polar surface area (TPSA) is 65.1 Å². The van der Waals surface area contributed by atoms with Gasteiger partial charge in [0.25, 0.3) is 5.91 Å². The van der Waals surface area contributed by atoms with E-state index >= 15 is 0 Å². The molecule has 2 aromatic carbocycles. The zero-order chi connectivity index (χ0) is 19.2. The van der Waals surface area contributed by atoms with E-state index in [0.717, 1.165) is 11.3 Å². The number of esters is 1. The monoisotopic (exact) mass is 367 g/mol. The number of hydrogen-bond donors (Lipinski definition) is 0. The highest BCUT2D eigenvalue weighted by Gasteiger charge is 2.23. The molecule has 1 amide bonds. The van der Waals surface area contributed by atoms with Gasteiger partial charge >= 0.3 is 5.97 Å². The van der Waals surface area contributed by atoms with E-state index in [9.17, 15) is 9.59 Å². The van der Waals surface area contributed by atoms with E-state index in [2.05, 4.69) is 0 Å². The zero-order valence-electron chi connectivity index (χ0n) is 15.3. The first-order valence-corrected chi connectivity index (χ1v) is 8.73. The van der Waals surface area contributed by atoms with Crippen LogP contribution >= 0.6 is 0 Å². The highest BCUT2D eigenvalue weighted by atomic mass is 16.7. The third kappa shape index (κ3) is 4.47. The van der Waals surface area contributed by atoms with E-state index in [-0.39, 0.29) is 12.7 Å². The molecule has 0 saturated carbocycles. The molecule has 6 nitrogen and oxygen atoms in total. The summed E-state index contributed by atoms with van der Waals surface area (Å²) in [5.41, 5.74) is 1.54. The highest BCUT2D eigenvalue weighted by Crippen LogP contribution is 2.32. The molecule has 0 spiro atoms. The number of benzene rings is 2. The number of para-hydroxylation sites is 1. The van der Waals surface area contributed by atoms with Crippen molar-refractivity contribution in [3.05, 3.63) is 60.2 Å². The maximum Gasteiger partial charge on any atom is 0.331 e. The predicted octanol–water partition coefficient (Wildman–Crippen LogP) is 3.41. The Kier molecular flexibility index (Phi) is 5.76. The van der Waals surface area contributed by atoms with Crippen LogP contribution in [0.15, 0.2) is 54.6 Å². The quantitative estimate of drug-likeness (QED) is 0.578. The maximum atomic E-state index is 12.6. The van der Waals surface area contributed by atoms with E-state index in [0.29, 0.717) is 18.0 Å². The van der Waals surface area contributed by atoms with E-state index in [1.807, 2.05) is 37.3 Å². The van der Waals surface area contributed by atoms with Crippen LogP contribution < -0.4 is 14.4 Å². The summed E-state index contributed by atoms with van der Waals surface area (Å²) in [6.07, 6.45) is 2.01. The van der Waals surface area contributed by atoms with Crippen LogP contribution in [0.25, 0.3) is 6.08 Å². The summed E-state index contributed by atoms with van der Waals surface area (Å²) in [6, 6.07) is 14.6. The van der Waals surface area contributed by atoms with Crippen LogP contribution in [0.2, 0.25) is 0 Å². The largest absolute Gasteiger partial charge is 0.454 e. The second-order valence-corrected chi connectivity index (χ2v) is 5.94. The highest BCUT2D eigenvalue weighted by molar-refractivity contribution is 5.98. The number of carbonyl (C=O) groups excluding carboxylic acids is 2. The molecule has 2 aromatic rings. The second kappa shape index (κ2) is 8.40. The van der Waals surface area contributed by atoms with Crippen LogP contribution in [0.1, 0.15) is 19.4 Å². The molecule has 1 aliphatic heterocycles. The number of nitrogens with zero attached hydrogens (tertiary/aromatic N) is 1. The Morgan fingerprint density at radius 3 is 2.63 bits per heavy atom. The van der Waals surface area contributed by atoms with Crippen molar-refractivity contribution in [2.75, 3.05) is 18.2 Å². The Labute approximate surface area is 158 Å². The molecule has 0 aliphatic carbocycles. The van der Waals surface area contributed by atoms with E-state index < -0.39 is 12.1 Å². The average molecular weight is 367 g/mol. The van der Waals surface area contributed by atoms with Crippen LogP contribution in [0.3, 0.4) is 0 Å². The molecule has 0 fully saturated rings. The van der Waals surface area contributed by atoms with E-state index in [4.69, 9.17) is 14.2 Å². The van der Waals surface area contributed by atoms with Gasteiger partial charge in [-0.1, -0.05) is 24.3 Å². The molecule has 0 aromatic heterocycles. The van der Waals surface area contributed by atoms with Crippen LogP contribution in [0.4, 0.5) is 5.69 Å². The van der Waals surface area contributed by atoms with Gasteiger partial charge in [0.1, 0.15) is 0 Å². The Bertz CT molecular complexity index is 847. The Hall–Kier alpha value is -3.28. The lowest BCUT2D eigenvalue weighted by Crippen LogP contribution is -2.39. The minimum absolute atomic E-state index is 0.194. The van der Waals surface area contributed by atoms with Gasteiger partial charge in [0.15, 0.2) is 17.6 Å². The summed E-state index contributed by atoms with van der Waals surface area (Å²) >= 11 is 0. The number of fused-ring (bicyclic) bond motifs is 1. The second-order valence-electron chi connectivity index (χ2n) is 5.94. The first kappa shape index (κ1) is 18.5. The van der Waals surface area contributed by atoms with Crippen molar-refractivity contribution in [2.45, 2.75) is 20.0 Å². The summed E-state index contributed by atoms with van der Waals surface area (Å²) in [5.74, 6) is 0.455. The SMILES string of the molecule is CCN(C(=O)[C@@H](C)OC(=O)/C=C/c1ccc2c(c1)OCO2)c1ccccc1. The summed E-state index contributed by atoms with van der Waals surface area (Å²) in [4.78, 5) is 26.3. The smallest absolute Gasteiger partial charge is 0.331 e. The van der Waals surface area contributed by atoms with E-state index in [1.165, 1.54) is 6.08 Å². The first-order valence-electron chi connectivity index (χ1n) is 8.73. The molecule has 3 rings (SSSR count). The molecule has 6 heteroatoms.